The van der Waals surface area contributed by atoms with Gasteiger partial charge in [-0.15, -0.1) is 0 Å². The summed E-state index contributed by atoms with van der Waals surface area (Å²) >= 11 is 0. The zero-order valence-corrected chi connectivity index (χ0v) is 11.2. The molecule has 0 saturated heterocycles. The molecule has 0 aromatic heterocycles. The Morgan fingerprint density at radius 3 is 2.43 bits per heavy atom. The van der Waals surface area contributed by atoms with Gasteiger partial charge in [-0.1, -0.05) is 0 Å². The average molecular weight is 310 g/mol. The second-order valence-corrected chi connectivity index (χ2v) is 3.93. The van der Waals surface area contributed by atoms with Gasteiger partial charge in [0.25, 0.3) is 0 Å². The number of esters is 1. The molecule has 8 heteroatoms. The third kappa shape index (κ3) is 5.68. The molecular weight excluding hydrogens is 296 g/mol. The van der Waals surface area contributed by atoms with E-state index in [-0.39, 0.29) is 19.8 Å². The highest BCUT2D eigenvalue weighted by molar-refractivity contribution is 5.90. The molecular formula is C13H14F4O4. The van der Waals surface area contributed by atoms with Crippen LogP contribution in [-0.4, -0.2) is 39.5 Å². The molecule has 0 fully saturated rings. The van der Waals surface area contributed by atoms with Gasteiger partial charge in [0.2, 0.25) is 0 Å². The first kappa shape index (κ1) is 17.4. The van der Waals surface area contributed by atoms with E-state index in [0.717, 1.165) is 0 Å². The van der Waals surface area contributed by atoms with Crippen LogP contribution >= 0.6 is 0 Å². The van der Waals surface area contributed by atoms with Crippen molar-refractivity contribution in [2.24, 2.45) is 0 Å². The van der Waals surface area contributed by atoms with E-state index >= 15 is 0 Å². The van der Waals surface area contributed by atoms with Crippen LogP contribution in [-0.2, 0) is 20.4 Å². The van der Waals surface area contributed by atoms with Gasteiger partial charge >= 0.3 is 12.1 Å². The molecule has 118 valence electrons. The molecule has 1 aromatic carbocycles. The fourth-order valence-electron chi connectivity index (χ4n) is 1.37. The Kier molecular flexibility index (Phi) is 6.57. The van der Waals surface area contributed by atoms with E-state index in [1.807, 2.05) is 0 Å². The molecule has 0 saturated carbocycles. The van der Waals surface area contributed by atoms with Crippen LogP contribution in [0.4, 0.5) is 17.6 Å². The molecule has 0 N–H and O–H groups in total. The molecule has 0 spiro atoms. The number of ether oxygens (including phenoxy) is 3. The molecule has 1 rings (SSSR count). The van der Waals surface area contributed by atoms with E-state index in [1.165, 1.54) is 7.11 Å². The van der Waals surface area contributed by atoms with Crippen molar-refractivity contribution >= 4 is 5.97 Å². The number of benzene rings is 1. The minimum absolute atomic E-state index is 0.0374. The summed E-state index contributed by atoms with van der Waals surface area (Å²) < 4.78 is 65.2. The lowest BCUT2D eigenvalue weighted by Gasteiger charge is -2.10. The topological polar surface area (TPSA) is 44.8 Å². The fourth-order valence-corrected chi connectivity index (χ4v) is 1.37. The van der Waals surface area contributed by atoms with Crippen LogP contribution < -0.4 is 0 Å². The van der Waals surface area contributed by atoms with Crippen LogP contribution in [0.25, 0.3) is 0 Å². The Hall–Kier alpha value is -1.67. The van der Waals surface area contributed by atoms with Crippen LogP contribution in [0, 0.1) is 5.82 Å². The van der Waals surface area contributed by atoms with Gasteiger partial charge in [-0.25, -0.2) is 9.18 Å². The average Bonchev–Trinajstić information content (AvgIpc) is 2.41. The molecule has 0 radical (unpaired) electrons. The van der Waals surface area contributed by atoms with Crippen molar-refractivity contribution in [3.05, 3.63) is 35.1 Å². The Bertz CT molecular complexity index is 474. The maximum absolute atomic E-state index is 13.4. The fraction of sp³-hybridized carbons (Fsp3) is 0.462. The van der Waals surface area contributed by atoms with Crippen molar-refractivity contribution in [1.82, 2.24) is 0 Å². The minimum Gasteiger partial charge on any atom is -0.460 e. The SMILES string of the molecule is COCCOCCOC(=O)c1cc(C(F)(F)F)ccc1F. The number of hydrogen-bond donors (Lipinski definition) is 0. The maximum Gasteiger partial charge on any atom is 0.416 e. The third-order valence-corrected chi connectivity index (χ3v) is 2.41. The van der Waals surface area contributed by atoms with Crippen LogP contribution in [0.3, 0.4) is 0 Å². The highest BCUT2D eigenvalue weighted by atomic mass is 19.4. The Morgan fingerprint density at radius 2 is 1.81 bits per heavy atom. The summed E-state index contributed by atoms with van der Waals surface area (Å²) in [5.74, 6) is -2.25. The smallest absolute Gasteiger partial charge is 0.416 e. The zero-order chi connectivity index (χ0) is 15.9. The van der Waals surface area contributed by atoms with E-state index in [0.29, 0.717) is 24.8 Å². The number of alkyl halides is 3. The second-order valence-electron chi connectivity index (χ2n) is 3.93. The minimum atomic E-state index is -4.66. The highest BCUT2D eigenvalue weighted by Gasteiger charge is 2.32. The Morgan fingerprint density at radius 1 is 1.14 bits per heavy atom. The monoisotopic (exact) mass is 310 g/mol. The zero-order valence-electron chi connectivity index (χ0n) is 11.2. The van der Waals surface area contributed by atoms with Gasteiger partial charge in [-0.2, -0.15) is 13.2 Å². The molecule has 0 heterocycles. The van der Waals surface area contributed by atoms with Crippen LogP contribution in [0.5, 0.6) is 0 Å². The normalized spacial score (nSPS) is 11.5. The number of hydrogen-bond acceptors (Lipinski definition) is 4. The number of carbonyl (C=O) groups excluding carboxylic acids is 1. The molecule has 0 amide bonds. The van der Waals surface area contributed by atoms with Crippen molar-refractivity contribution in [1.29, 1.82) is 0 Å². The molecule has 4 nitrogen and oxygen atoms in total. The van der Waals surface area contributed by atoms with Crippen molar-refractivity contribution in [2.45, 2.75) is 6.18 Å². The van der Waals surface area contributed by atoms with E-state index in [4.69, 9.17) is 9.47 Å². The summed E-state index contributed by atoms with van der Waals surface area (Å²) in [4.78, 5) is 11.5. The predicted octanol–water partition coefficient (Wildman–Crippen LogP) is 2.66. The van der Waals surface area contributed by atoms with Crippen LogP contribution in [0.15, 0.2) is 18.2 Å². The third-order valence-electron chi connectivity index (χ3n) is 2.41. The quantitative estimate of drug-likeness (QED) is 0.441. The molecule has 0 bridgehead atoms. The van der Waals surface area contributed by atoms with Gasteiger partial charge in [0, 0.05) is 7.11 Å². The molecule has 0 unspecified atom stereocenters. The summed E-state index contributed by atoms with van der Waals surface area (Å²) in [5.41, 5.74) is -1.88. The van der Waals surface area contributed by atoms with Gasteiger partial charge in [-0.05, 0) is 18.2 Å². The van der Waals surface area contributed by atoms with Crippen molar-refractivity contribution < 1.29 is 36.6 Å². The first-order valence-corrected chi connectivity index (χ1v) is 5.97. The molecule has 0 atom stereocenters. The highest BCUT2D eigenvalue weighted by Crippen LogP contribution is 2.30. The summed E-state index contributed by atoms with van der Waals surface area (Å²) in [6.07, 6.45) is -4.66. The molecule has 0 aliphatic rings. The van der Waals surface area contributed by atoms with E-state index in [2.05, 4.69) is 4.74 Å². The summed E-state index contributed by atoms with van der Waals surface area (Å²) in [5, 5.41) is 0. The van der Waals surface area contributed by atoms with Gasteiger partial charge in [0.05, 0.1) is 30.9 Å². The lowest BCUT2D eigenvalue weighted by molar-refractivity contribution is -0.137. The first-order valence-electron chi connectivity index (χ1n) is 5.97. The summed E-state index contributed by atoms with van der Waals surface area (Å²) in [6, 6.07) is 1.55. The number of methoxy groups -OCH3 is 1. The lowest BCUT2D eigenvalue weighted by atomic mass is 10.1. The van der Waals surface area contributed by atoms with Crippen LogP contribution in [0.1, 0.15) is 15.9 Å². The maximum atomic E-state index is 13.4. The van der Waals surface area contributed by atoms with E-state index in [1.54, 1.807) is 0 Å². The van der Waals surface area contributed by atoms with E-state index in [9.17, 15) is 22.4 Å². The van der Waals surface area contributed by atoms with Crippen molar-refractivity contribution in [3.63, 3.8) is 0 Å². The summed E-state index contributed by atoms with van der Waals surface area (Å²) in [7, 11) is 1.49. The van der Waals surface area contributed by atoms with E-state index < -0.39 is 29.1 Å². The van der Waals surface area contributed by atoms with Crippen molar-refractivity contribution in [3.8, 4) is 0 Å². The number of halogens is 4. The van der Waals surface area contributed by atoms with Gasteiger partial charge in [0.15, 0.2) is 0 Å². The molecule has 0 aliphatic heterocycles. The van der Waals surface area contributed by atoms with Gasteiger partial charge in [0.1, 0.15) is 12.4 Å². The lowest BCUT2D eigenvalue weighted by Crippen LogP contribution is -2.15. The number of carbonyl (C=O) groups is 1. The Labute approximate surface area is 118 Å². The number of rotatable bonds is 7. The summed E-state index contributed by atoms with van der Waals surface area (Å²) in [6.45, 7) is 0.482. The molecule has 0 aliphatic carbocycles. The van der Waals surface area contributed by atoms with Crippen LogP contribution in [0.2, 0.25) is 0 Å². The standard InChI is InChI=1S/C13H14F4O4/c1-19-4-5-20-6-7-21-12(18)10-8-9(13(15,16)17)2-3-11(10)14/h2-3,8H,4-7H2,1H3. The first-order chi connectivity index (χ1) is 9.86. The second kappa shape index (κ2) is 7.94. The Balaban J connectivity index is 2.57. The predicted molar refractivity (Wildman–Crippen MR) is 64.4 cm³/mol. The largest absolute Gasteiger partial charge is 0.460 e. The van der Waals surface area contributed by atoms with Gasteiger partial charge < -0.3 is 14.2 Å². The molecule has 21 heavy (non-hydrogen) atoms. The van der Waals surface area contributed by atoms with Crippen molar-refractivity contribution in [2.75, 3.05) is 33.5 Å². The molecule has 1 aromatic rings. The van der Waals surface area contributed by atoms with Gasteiger partial charge in [-0.3, -0.25) is 0 Å².